The van der Waals surface area contributed by atoms with E-state index < -0.39 is 52.1 Å². The Morgan fingerprint density at radius 1 is 0.554 bits per heavy atom. The Bertz CT molecular complexity index is 4070. The monoisotopic (exact) mass is 1300 g/mol. The number of nitrogens with zero attached hydrogens (tertiary/aromatic N) is 11. The normalized spacial score (nSPS) is 13.4. The minimum absolute atomic E-state index is 0.00495. The fourth-order valence-electron chi connectivity index (χ4n) is 8.68. The second-order valence-electron chi connectivity index (χ2n) is 19.3. The zero-order valence-electron chi connectivity index (χ0n) is 49.5. The van der Waals surface area contributed by atoms with E-state index in [1.165, 1.54) is 69.5 Å². The number of ether oxygens (including phenoxy) is 9. The Balaban J connectivity index is 0.909. The molecule has 0 bridgehead atoms. The van der Waals surface area contributed by atoms with Crippen LogP contribution in [0, 0.1) is 0 Å². The van der Waals surface area contributed by atoms with Crippen LogP contribution in [-0.2, 0) is 39.1 Å². The highest BCUT2D eigenvalue weighted by Crippen LogP contribution is 2.43. The van der Waals surface area contributed by atoms with Gasteiger partial charge >= 0.3 is 12.2 Å². The fraction of sp³-hybridized carbons (Fsp3) is 0.230. The zero-order chi connectivity index (χ0) is 64.1. The Kier molecular flexibility index (Phi) is 21.6. The number of para-hydroxylation sites is 4. The Labute approximate surface area is 528 Å². The van der Waals surface area contributed by atoms with Crippen molar-refractivity contribution in [2.24, 2.45) is 0 Å². The van der Waals surface area contributed by atoms with Gasteiger partial charge in [-0.2, -0.15) is 19.9 Å². The molecule has 4 aromatic heterocycles. The number of hydrogen-bond donors (Lipinski definition) is 2. The minimum Gasteiger partial charge on any atom is -0.493 e. The molecule has 8 aromatic rings. The van der Waals surface area contributed by atoms with Gasteiger partial charge in [0.1, 0.15) is 19.8 Å². The molecule has 0 saturated carbocycles. The number of anilines is 6. The number of morpholine rings is 2. The number of aromatic nitrogens is 7. The molecule has 0 aliphatic carbocycles. The van der Waals surface area contributed by atoms with Crippen LogP contribution in [0.1, 0.15) is 11.1 Å². The van der Waals surface area contributed by atoms with Gasteiger partial charge in [0, 0.05) is 51.0 Å². The molecule has 2 amide bonds. The molecular formula is C61H61N13O16S2. The molecule has 2 N–H and O–H groups in total. The minimum atomic E-state index is -4.32. The first-order valence-electron chi connectivity index (χ1n) is 28.3. The fourth-order valence-corrected chi connectivity index (χ4v) is 10.3. The third kappa shape index (κ3) is 17.5. The van der Waals surface area contributed by atoms with Crippen LogP contribution < -0.4 is 57.6 Å². The van der Waals surface area contributed by atoms with Crippen LogP contribution in [0.3, 0.4) is 0 Å². The topological polar surface area (TPSA) is 322 Å². The molecular weight excluding hydrogens is 1230 g/mol. The molecule has 6 heterocycles. The van der Waals surface area contributed by atoms with Crippen LogP contribution in [-0.4, -0.2) is 157 Å². The zero-order valence-corrected chi connectivity index (χ0v) is 51.1. The number of pyridine rings is 1. The van der Waals surface area contributed by atoms with Gasteiger partial charge in [0.25, 0.3) is 31.8 Å². The van der Waals surface area contributed by atoms with Crippen molar-refractivity contribution in [1.82, 2.24) is 34.9 Å². The lowest BCUT2D eigenvalue weighted by Crippen LogP contribution is -2.43. The highest BCUT2D eigenvalue weighted by Gasteiger charge is 2.32. The van der Waals surface area contributed by atoms with Gasteiger partial charge in [-0.05, 0) is 59.7 Å². The summed E-state index contributed by atoms with van der Waals surface area (Å²) in [6, 6.07) is 33.5. The quantitative estimate of drug-likeness (QED) is 0.0381. The molecule has 92 heavy (non-hydrogen) atoms. The first-order valence-corrected chi connectivity index (χ1v) is 31.4. The third-order valence-corrected chi connectivity index (χ3v) is 15.1. The summed E-state index contributed by atoms with van der Waals surface area (Å²) >= 11 is 0. The maximum Gasteiger partial charge on any atom is 0.448 e. The van der Waals surface area contributed by atoms with Gasteiger partial charge in [-0.3, -0.25) is 24.3 Å². The van der Waals surface area contributed by atoms with Crippen LogP contribution in [0.2, 0.25) is 0 Å². The summed E-state index contributed by atoms with van der Waals surface area (Å²) in [5.41, 5.74) is 1.22. The van der Waals surface area contributed by atoms with Gasteiger partial charge in [0.05, 0.1) is 69.9 Å². The molecule has 0 unspecified atom stereocenters. The first-order chi connectivity index (χ1) is 44.8. The molecule has 31 heteroatoms. The van der Waals surface area contributed by atoms with Crippen LogP contribution in [0.4, 0.5) is 44.6 Å². The van der Waals surface area contributed by atoms with Gasteiger partial charge in [0.15, 0.2) is 40.5 Å². The van der Waals surface area contributed by atoms with Crippen molar-refractivity contribution in [2.75, 3.05) is 122 Å². The van der Waals surface area contributed by atoms with Gasteiger partial charge < -0.3 is 57.3 Å². The predicted molar refractivity (Wildman–Crippen MR) is 337 cm³/mol. The van der Waals surface area contributed by atoms with E-state index in [1.807, 2.05) is 0 Å². The largest absolute Gasteiger partial charge is 0.493 e. The molecule has 4 aromatic carbocycles. The number of methoxy groups -OCH3 is 2. The van der Waals surface area contributed by atoms with Crippen molar-refractivity contribution in [1.29, 1.82) is 0 Å². The lowest BCUT2D eigenvalue weighted by atomic mass is 10.2. The summed E-state index contributed by atoms with van der Waals surface area (Å²) in [6.07, 6.45) is 7.08. The van der Waals surface area contributed by atoms with Crippen molar-refractivity contribution in [3.05, 3.63) is 174 Å². The lowest BCUT2D eigenvalue weighted by Gasteiger charge is -2.28. The van der Waals surface area contributed by atoms with Crippen LogP contribution >= 0.6 is 0 Å². The molecule has 2 fully saturated rings. The van der Waals surface area contributed by atoms with E-state index in [4.69, 9.17) is 52.5 Å². The second-order valence-corrected chi connectivity index (χ2v) is 22.5. The van der Waals surface area contributed by atoms with Crippen molar-refractivity contribution >= 4 is 79.4 Å². The Hall–Kier alpha value is -10.9. The summed E-state index contributed by atoms with van der Waals surface area (Å²) in [5.74, 6) is -0.806. The van der Waals surface area contributed by atoms with E-state index in [9.17, 15) is 26.4 Å². The van der Waals surface area contributed by atoms with Gasteiger partial charge in [-0.15, -0.1) is 5.06 Å². The van der Waals surface area contributed by atoms with Crippen molar-refractivity contribution < 1.29 is 73.9 Å². The molecule has 2 saturated heterocycles. The summed E-state index contributed by atoms with van der Waals surface area (Å²) in [5, 5.41) is 2.53. The number of nitrogens with one attached hydrogen (secondary N) is 2. The van der Waals surface area contributed by atoms with E-state index in [-0.39, 0.29) is 87.8 Å². The SMILES string of the molecule is COc1ccccc1Oc1c(NS(=O)(=O)C=Cc2ccccc2)nc(N2CCOCC2)nc1OCCOC(=O)N(OC(=O)N(CCOc1nc(N2CCOCC2)nc(NS(=O)(=O)C=Cc2ccccc2)c1Oc1ccccc1OC)c1cnccn1)c1ccncc1. The molecule has 2 aliphatic rings. The van der Waals surface area contributed by atoms with E-state index >= 15 is 0 Å². The van der Waals surface area contributed by atoms with Crippen LogP contribution in [0.15, 0.2) is 163 Å². The van der Waals surface area contributed by atoms with Crippen molar-refractivity contribution in [3.63, 3.8) is 0 Å². The van der Waals surface area contributed by atoms with E-state index in [1.54, 1.807) is 119 Å². The molecule has 478 valence electrons. The van der Waals surface area contributed by atoms with E-state index in [0.717, 1.165) is 15.7 Å². The number of sulfonamides is 2. The summed E-state index contributed by atoms with van der Waals surface area (Å²) in [7, 11) is -5.76. The number of benzene rings is 4. The number of hydrogen-bond acceptors (Lipinski definition) is 25. The summed E-state index contributed by atoms with van der Waals surface area (Å²) in [6.45, 7) is 0.856. The molecule has 0 spiro atoms. The average Bonchev–Trinajstić information content (AvgIpc) is 0.861. The van der Waals surface area contributed by atoms with Gasteiger partial charge in [0.2, 0.25) is 23.4 Å². The number of carbonyl (C=O) groups excluding carboxylic acids is 2. The molecule has 0 atom stereocenters. The number of hydroxylamine groups is 1. The van der Waals surface area contributed by atoms with Gasteiger partial charge in [-0.1, -0.05) is 84.9 Å². The Morgan fingerprint density at radius 2 is 1.03 bits per heavy atom. The summed E-state index contributed by atoms with van der Waals surface area (Å²) < 4.78 is 114. The van der Waals surface area contributed by atoms with Crippen molar-refractivity contribution in [2.45, 2.75) is 0 Å². The van der Waals surface area contributed by atoms with Crippen LogP contribution in [0.5, 0.6) is 46.3 Å². The smallest absolute Gasteiger partial charge is 0.448 e. The predicted octanol–water partition coefficient (Wildman–Crippen LogP) is 8.21. The third-order valence-electron chi connectivity index (χ3n) is 13.1. The lowest BCUT2D eigenvalue weighted by molar-refractivity contribution is 0.0893. The standard InChI is InChI=1S/C61H61N13O16S2/c1-81-47-17-9-11-19-49(47)88-52-54(69-91(77,78)41-23-44-13-5-3-6-14-44)65-58(71-29-34-83-35-30-71)67-56(52)85-38-33-73(51-43-63-27-28-64-51)60(75)90-74(46-21-25-62-26-22-46)61(76)87-40-39-86-57-53(89-50-20-12-10-18-48(50)82-2)55(66-59(68-57)72-31-36-84-37-32-72)70-92(79,80)42-24-45-15-7-4-8-16-45/h3-28,41-43H,29-40H2,1-2H3,(H,65,67,69)(H,66,68,70). The van der Waals surface area contributed by atoms with Crippen molar-refractivity contribution in [3.8, 4) is 46.3 Å². The maximum absolute atomic E-state index is 14.7. The highest BCUT2D eigenvalue weighted by atomic mass is 32.2. The maximum atomic E-state index is 14.7. The first kappa shape index (κ1) is 64.1. The second kappa shape index (κ2) is 31.0. The Morgan fingerprint density at radius 3 is 1.51 bits per heavy atom. The molecule has 10 rings (SSSR count). The summed E-state index contributed by atoms with van der Waals surface area (Å²) in [4.78, 5) is 70.5. The van der Waals surface area contributed by atoms with E-state index in [0.29, 0.717) is 68.8 Å². The number of carbonyl (C=O) groups is 2. The molecule has 29 nitrogen and oxygen atoms in total. The van der Waals surface area contributed by atoms with Gasteiger partial charge in [-0.25, -0.2) is 31.4 Å². The highest BCUT2D eigenvalue weighted by molar-refractivity contribution is 7.96. The number of amides is 2. The average molecular weight is 1300 g/mol. The van der Waals surface area contributed by atoms with Crippen LogP contribution in [0.25, 0.3) is 12.2 Å². The molecule has 2 aliphatic heterocycles. The van der Waals surface area contributed by atoms with E-state index in [2.05, 4.69) is 39.3 Å². The number of rotatable bonds is 26. The molecule has 0 radical (unpaired) electrons.